The van der Waals surface area contributed by atoms with Crippen molar-refractivity contribution in [1.82, 2.24) is 0 Å². The molecule has 1 fully saturated rings. The second-order valence-electron chi connectivity index (χ2n) is 12.1. The van der Waals surface area contributed by atoms with E-state index in [1.807, 2.05) is 0 Å². The predicted molar refractivity (Wildman–Crippen MR) is 177 cm³/mol. The zero-order chi connectivity index (χ0) is 43.9. The number of hydrogen-bond donors (Lipinski definition) is 0. The highest BCUT2D eigenvalue weighted by Crippen LogP contribution is 2.36. The minimum atomic E-state index is -2.34. The van der Waals surface area contributed by atoms with E-state index >= 15 is 0 Å². The Bertz CT molecular complexity index is 1540. The molecule has 0 spiro atoms. The highest BCUT2D eigenvalue weighted by molar-refractivity contribution is 5.71. The fourth-order valence-electron chi connectivity index (χ4n) is 5.53. The van der Waals surface area contributed by atoms with E-state index in [0.717, 1.165) is 76.2 Å². The fraction of sp³-hybridized carbons (Fsp3) is 0.676. The predicted octanol–water partition coefficient (Wildman–Crippen LogP) is -0.777. The van der Waals surface area contributed by atoms with Gasteiger partial charge in [0.2, 0.25) is 12.4 Å². The van der Waals surface area contributed by atoms with Crippen molar-refractivity contribution in [2.24, 2.45) is 0 Å². The maximum Gasteiger partial charge on any atom is 0.305 e. The van der Waals surface area contributed by atoms with Gasteiger partial charge in [0.05, 0.1) is 0 Å². The third-order valence-electron chi connectivity index (χ3n) is 6.98. The summed E-state index contributed by atoms with van der Waals surface area (Å²) in [6.45, 7) is 8.78. The lowest BCUT2D eigenvalue weighted by Gasteiger charge is -2.47. The number of carbonyl (C=O) groups is 11. The molecule has 0 saturated carbocycles. The molecule has 11 atom stereocenters. The minimum Gasteiger partial charge on any atom is -0.462 e. The standard InChI is InChI=1S/C34H46O23/c1-13(35)46-12-24(47-14(2)36)25(48-15(3)37)26(49-16(4)38)27(50-17(5)39)28(51-18(6)40)29(52-19(7)41)31-30(53-20(8)42)32(54-21(9)43)33(55-22(10)44)34(57-31)56-23(11)45/h24-34H,12H2,1-11H3/t24-,25-,26+,27-,28-,29-,30-,31-,32+,33+,34+/m1/s1. The van der Waals surface area contributed by atoms with Crippen LogP contribution in [-0.4, -0.2) is 140 Å². The molecule has 0 bridgehead atoms. The van der Waals surface area contributed by atoms with Gasteiger partial charge in [0, 0.05) is 76.2 Å². The lowest BCUT2D eigenvalue weighted by atomic mass is 9.87. The molecule has 1 aliphatic heterocycles. The molecule has 0 aromatic rings. The van der Waals surface area contributed by atoms with Crippen LogP contribution in [0.2, 0.25) is 0 Å². The van der Waals surface area contributed by atoms with Crippen molar-refractivity contribution >= 4 is 65.7 Å². The van der Waals surface area contributed by atoms with Gasteiger partial charge >= 0.3 is 65.7 Å². The molecule has 0 aliphatic carbocycles. The van der Waals surface area contributed by atoms with Crippen LogP contribution < -0.4 is 0 Å². The van der Waals surface area contributed by atoms with Gasteiger partial charge in [-0.2, -0.15) is 0 Å². The first-order chi connectivity index (χ1) is 26.3. The first-order valence-electron chi connectivity index (χ1n) is 16.8. The van der Waals surface area contributed by atoms with Gasteiger partial charge in [0.25, 0.3) is 0 Å². The van der Waals surface area contributed by atoms with Gasteiger partial charge in [-0.3, -0.25) is 52.7 Å². The summed E-state index contributed by atoms with van der Waals surface area (Å²) < 4.78 is 65.0. The van der Waals surface area contributed by atoms with Crippen LogP contribution in [0.25, 0.3) is 0 Å². The van der Waals surface area contributed by atoms with Crippen LogP contribution in [0.15, 0.2) is 0 Å². The van der Waals surface area contributed by atoms with Crippen molar-refractivity contribution in [2.75, 3.05) is 6.61 Å². The van der Waals surface area contributed by atoms with Crippen LogP contribution in [0.4, 0.5) is 0 Å². The molecule has 23 heteroatoms. The van der Waals surface area contributed by atoms with Gasteiger partial charge in [0.1, 0.15) is 12.7 Å². The van der Waals surface area contributed by atoms with E-state index in [-0.39, 0.29) is 0 Å². The van der Waals surface area contributed by atoms with Crippen molar-refractivity contribution in [2.45, 2.75) is 143 Å². The Labute approximate surface area is 325 Å². The highest BCUT2D eigenvalue weighted by atomic mass is 16.8. The molecule has 1 saturated heterocycles. The molecule has 320 valence electrons. The zero-order valence-electron chi connectivity index (χ0n) is 32.9. The van der Waals surface area contributed by atoms with E-state index in [4.69, 9.17) is 56.8 Å². The molecule has 57 heavy (non-hydrogen) atoms. The summed E-state index contributed by atoms with van der Waals surface area (Å²) in [6.07, 6.45) is -23.3. The second kappa shape index (κ2) is 22.6. The van der Waals surface area contributed by atoms with Gasteiger partial charge in [-0.1, -0.05) is 0 Å². The number of hydrogen-bond acceptors (Lipinski definition) is 23. The third-order valence-corrected chi connectivity index (χ3v) is 6.98. The van der Waals surface area contributed by atoms with E-state index in [1.165, 1.54) is 0 Å². The molecular formula is C34H46O23. The van der Waals surface area contributed by atoms with Gasteiger partial charge in [-0.25, -0.2) is 0 Å². The van der Waals surface area contributed by atoms with Crippen molar-refractivity contribution in [3.05, 3.63) is 0 Å². The van der Waals surface area contributed by atoms with Crippen molar-refractivity contribution < 1.29 is 110 Å². The van der Waals surface area contributed by atoms with E-state index in [2.05, 4.69) is 0 Å². The van der Waals surface area contributed by atoms with Crippen molar-refractivity contribution in [3.8, 4) is 0 Å². The summed E-state index contributed by atoms with van der Waals surface area (Å²) >= 11 is 0. The van der Waals surface area contributed by atoms with Crippen molar-refractivity contribution in [1.29, 1.82) is 0 Å². The number of ether oxygens (including phenoxy) is 12. The van der Waals surface area contributed by atoms with E-state index in [0.29, 0.717) is 0 Å². The lowest BCUT2D eigenvalue weighted by Crippen LogP contribution is -2.68. The first kappa shape index (κ1) is 49.1. The molecule has 0 aromatic carbocycles. The average Bonchev–Trinajstić information content (AvgIpc) is 3.02. The van der Waals surface area contributed by atoms with Gasteiger partial charge in [0.15, 0.2) is 48.8 Å². The first-order valence-corrected chi connectivity index (χ1v) is 16.8. The Morgan fingerprint density at radius 2 is 0.754 bits per heavy atom. The van der Waals surface area contributed by atoms with Crippen LogP contribution in [0, 0.1) is 0 Å². The summed E-state index contributed by atoms with van der Waals surface area (Å²) in [4.78, 5) is 137. The smallest absolute Gasteiger partial charge is 0.305 e. The number of esters is 11. The van der Waals surface area contributed by atoms with E-state index in [1.54, 1.807) is 0 Å². The minimum absolute atomic E-state index is 0.820. The Morgan fingerprint density at radius 1 is 0.386 bits per heavy atom. The summed E-state index contributed by atoms with van der Waals surface area (Å²) in [5, 5.41) is 0. The summed E-state index contributed by atoms with van der Waals surface area (Å²) in [5.41, 5.74) is 0. The van der Waals surface area contributed by atoms with E-state index < -0.39 is 140 Å². The molecule has 1 rings (SSSR count). The monoisotopic (exact) mass is 822 g/mol. The number of carbonyl (C=O) groups excluding carboxylic acids is 11. The van der Waals surface area contributed by atoms with Crippen LogP contribution in [-0.2, 0) is 110 Å². The Morgan fingerprint density at radius 3 is 1.16 bits per heavy atom. The molecule has 23 nitrogen and oxygen atoms in total. The average molecular weight is 823 g/mol. The molecule has 0 amide bonds. The Balaban J connectivity index is 4.45. The summed E-state index contributed by atoms with van der Waals surface area (Å²) in [5.74, 6) is -12.3. The summed E-state index contributed by atoms with van der Waals surface area (Å²) in [6, 6.07) is 0. The zero-order valence-corrected chi connectivity index (χ0v) is 32.9. The highest BCUT2D eigenvalue weighted by Gasteiger charge is 2.60. The molecular weight excluding hydrogens is 776 g/mol. The fourth-order valence-corrected chi connectivity index (χ4v) is 5.53. The molecule has 0 unspecified atom stereocenters. The maximum absolute atomic E-state index is 12.9. The topological polar surface area (TPSA) is 299 Å². The van der Waals surface area contributed by atoms with Crippen LogP contribution in [0.1, 0.15) is 76.2 Å². The third kappa shape index (κ3) is 16.8. The maximum atomic E-state index is 12.9. The molecule has 0 radical (unpaired) electrons. The van der Waals surface area contributed by atoms with Crippen LogP contribution >= 0.6 is 0 Å². The van der Waals surface area contributed by atoms with E-state index in [9.17, 15) is 52.7 Å². The Hall–Kier alpha value is -5.87. The molecule has 0 N–H and O–H groups in total. The largest absolute Gasteiger partial charge is 0.462 e. The Kier molecular flexibility index (Phi) is 19.5. The van der Waals surface area contributed by atoms with Crippen LogP contribution in [0.5, 0.6) is 0 Å². The van der Waals surface area contributed by atoms with Gasteiger partial charge in [-0.15, -0.1) is 0 Å². The van der Waals surface area contributed by atoms with Crippen molar-refractivity contribution in [3.63, 3.8) is 0 Å². The molecule has 0 aromatic heterocycles. The second-order valence-corrected chi connectivity index (χ2v) is 12.1. The van der Waals surface area contributed by atoms with Gasteiger partial charge < -0.3 is 56.8 Å². The summed E-state index contributed by atoms with van der Waals surface area (Å²) in [7, 11) is 0. The molecule has 1 aliphatic rings. The SMILES string of the molecule is CC(=O)OC[C@@H](OC(C)=O)[C@@H](OC(C)=O)[C@H](OC(C)=O)[C@@H](OC(C)=O)[C@@H](OC(C)=O)[C@@H](OC(C)=O)[C@H]1O[C@H](OC(C)=O)[C@@H](OC(C)=O)[C@@H](OC(C)=O)[C@@H]1OC(C)=O. The normalized spacial score (nSPS) is 21.8. The van der Waals surface area contributed by atoms with Gasteiger partial charge in [-0.05, 0) is 0 Å². The lowest BCUT2D eigenvalue weighted by molar-refractivity contribution is -0.316. The quantitative estimate of drug-likeness (QED) is 0.121. The molecule has 1 heterocycles. The van der Waals surface area contributed by atoms with Crippen LogP contribution in [0.3, 0.4) is 0 Å². The number of rotatable bonds is 18.